The number of hydrogen-bond acceptors (Lipinski definition) is 13. The quantitative estimate of drug-likeness (QED) is 0.0420. The van der Waals surface area contributed by atoms with Gasteiger partial charge in [-0.05, 0) is 86.6 Å². The maximum Gasteiger partial charge on any atom is 0.407 e. The third-order valence-corrected chi connectivity index (χ3v) is 14.4. The van der Waals surface area contributed by atoms with E-state index in [0.717, 1.165) is 81.0 Å². The Balaban J connectivity index is 1.16. The fraction of sp³-hybridized carbons (Fsp3) is 0.519. The summed E-state index contributed by atoms with van der Waals surface area (Å²) in [5.74, 6) is 2.26. The molecule has 0 radical (unpaired) electrons. The van der Waals surface area contributed by atoms with Crippen molar-refractivity contribution in [3.05, 3.63) is 101 Å². The fourth-order valence-electron chi connectivity index (χ4n) is 9.77. The summed E-state index contributed by atoms with van der Waals surface area (Å²) in [6.45, 7) is 6.97. The topological polar surface area (TPSA) is 205 Å². The van der Waals surface area contributed by atoms with Gasteiger partial charge in [0.05, 0.1) is 56.7 Å². The zero-order chi connectivity index (χ0) is 57.6. The first-order valence-corrected chi connectivity index (χ1v) is 25.5. The van der Waals surface area contributed by atoms with Crippen molar-refractivity contribution in [2.45, 2.75) is 122 Å². The highest BCUT2D eigenvalue weighted by molar-refractivity contribution is 5.87. The highest BCUT2D eigenvalue weighted by Gasteiger charge is 2.56. The van der Waals surface area contributed by atoms with Gasteiger partial charge in [0.25, 0.3) is 12.3 Å². The van der Waals surface area contributed by atoms with Crippen molar-refractivity contribution in [3.8, 4) is 23.1 Å². The minimum Gasteiger partial charge on any atom is -0.453 e. The molecule has 0 aliphatic carbocycles. The summed E-state index contributed by atoms with van der Waals surface area (Å²) in [5.41, 5.74) is -0.781. The zero-order valence-corrected chi connectivity index (χ0v) is 44.7. The molecule has 2 aromatic heterocycles. The van der Waals surface area contributed by atoms with Crippen molar-refractivity contribution in [2.24, 2.45) is 10.8 Å². The summed E-state index contributed by atoms with van der Waals surface area (Å²) in [7, 11) is 1.94. The molecule has 6 atom stereocenters. The number of carbonyl (C=O) groups is 4. The lowest BCUT2D eigenvalue weighted by atomic mass is 9.82. The lowest BCUT2D eigenvalue weighted by Crippen LogP contribution is -2.63. The molecule has 25 heteroatoms. The second-order valence-corrected chi connectivity index (χ2v) is 21.5. The fourth-order valence-corrected chi connectivity index (χ4v) is 9.77. The summed E-state index contributed by atoms with van der Waals surface area (Å²) < 4.78 is 118. The molecule has 2 bridgehead atoms. The molecule has 5 N–H and O–H groups in total. The maximum absolute atomic E-state index is 16.1. The molecule has 2 aromatic carbocycles. The Morgan fingerprint density at radius 1 is 0.823 bits per heavy atom. The van der Waals surface area contributed by atoms with Gasteiger partial charge in [-0.15, -0.1) is 0 Å². The number of aromatic nitrogens is 3. The van der Waals surface area contributed by atoms with Crippen LogP contribution in [0.2, 0.25) is 0 Å². The van der Waals surface area contributed by atoms with E-state index in [0.29, 0.717) is 48.7 Å². The lowest BCUT2D eigenvalue weighted by molar-refractivity contribution is -0.220. The van der Waals surface area contributed by atoms with Gasteiger partial charge in [0.15, 0.2) is 0 Å². The van der Waals surface area contributed by atoms with E-state index < -0.39 is 108 Å². The van der Waals surface area contributed by atoms with Gasteiger partial charge in [0, 0.05) is 72.9 Å². The first-order valence-electron chi connectivity index (χ1n) is 25.5. The van der Waals surface area contributed by atoms with Crippen LogP contribution < -0.4 is 26.3 Å². The Bertz CT molecular complexity index is 2810. The number of aliphatic hydroxyl groups excluding tert-OH is 1. The number of aliphatic hydroxyl groups is 1. The van der Waals surface area contributed by atoms with E-state index in [-0.39, 0.29) is 17.7 Å². The van der Waals surface area contributed by atoms with Gasteiger partial charge in [-0.25, -0.2) is 37.1 Å². The SMILES string of the molecule is COC(=O)N[C@H](C(=O)NN(Cc1c(F)cc(-c2ccn(CC(F)F)n2)cc1F)C[C@H](O)[C@H](Cc1ccc(C#Cc2ccc(N3CC4CCC(C3)N4C3COC3)nc2)cc1)NC(=O)[C@@H](NC(=O)OC)C(C)(C)C(F)(F)F)C(C)(C)C. The predicted octanol–water partition coefficient (Wildman–Crippen LogP) is 5.95. The summed E-state index contributed by atoms with van der Waals surface area (Å²) >= 11 is 0. The number of nitrogens with one attached hydrogen (secondary N) is 4. The van der Waals surface area contributed by atoms with Crippen LogP contribution in [0.5, 0.6) is 0 Å². The summed E-state index contributed by atoms with van der Waals surface area (Å²) in [6.07, 6.45) is -7.31. The number of nitrogens with zero attached hydrogens (tertiary/aromatic N) is 6. The molecule has 4 aromatic rings. The van der Waals surface area contributed by atoms with Crippen LogP contribution in [0.3, 0.4) is 0 Å². The number of methoxy groups -OCH3 is 2. The molecule has 428 valence electrons. The van der Waals surface area contributed by atoms with E-state index in [2.05, 4.69) is 47.5 Å². The molecular formula is C54H65F7N10O8. The van der Waals surface area contributed by atoms with Crippen molar-refractivity contribution in [1.29, 1.82) is 0 Å². The van der Waals surface area contributed by atoms with Crippen LogP contribution in [0.1, 0.15) is 69.7 Å². The summed E-state index contributed by atoms with van der Waals surface area (Å²) in [5, 5.41) is 23.8. The number of fused-ring (bicyclic) bond motifs is 2. The molecule has 2 unspecified atom stereocenters. The number of anilines is 1. The average molecular weight is 1120 g/mol. The number of piperazine rings is 1. The number of pyridine rings is 1. The molecule has 0 spiro atoms. The molecule has 3 aliphatic heterocycles. The molecule has 3 saturated heterocycles. The Morgan fingerprint density at radius 3 is 1.95 bits per heavy atom. The van der Waals surface area contributed by atoms with Crippen molar-refractivity contribution < 1.29 is 69.2 Å². The molecule has 18 nitrogen and oxygen atoms in total. The molecule has 79 heavy (non-hydrogen) atoms. The van der Waals surface area contributed by atoms with Crippen LogP contribution in [-0.4, -0.2) is 156 Å². The predicted molar refractivity (Wildman–Crippen MR) is 274 cm³/mol. The zero-order valence-electron chi connectivity index (χ0n) is 44.7. The van der Waals surface area contributed by atoms with Gasteiger partial charge >= 0.3 is 18.4 Å². The normalized spacial score (nSPS) is 18.4. The largest absolute Gasteiger partial charge is 0.453 e. The van der Waals surface area contributed by atoms with Crippen molar-refractivity contribution in [1.82, 2.24) is 46.0 Å². The first-order chi connectivity index (χ1) is 37.2. The number of hydrogen-bond donors (Lipinski definition) is 5. The molecule has 3 aliphatic rings. The van der Waals surface area contributed by atoms with Crippen molar-refractivity contribution >= 4 is 29.8 Å². The minimum absolute atomic E-state index is 0.0474. The second-order valence-electron chi connectivity index (χ2n) is 21.5. The van der Waals surface area contributed by atoms with Gasteiger partial charge in [0.1, 0.15) is 36.1 Å². The third-order valence-electron chi connectivity index (χ3n) is 14.4. The third kappa shape index (κ3) is 14.8. The average Bonchev–Trinajstić information content (AvgIpc) is 4.10. The number of halogens is 7. The number of rotatable bonds is 19. The second kappa shape index (κ2) is 25.0. The highest BCUT2D eigenvalue weighted by atomic mass is 19.4. The molecule has 3 fully saturated rings. The number of alkyl carbamates (subject to hydrolysis) is 2. The Kier molecular flexibility index (Phi) is 18.9. The Morgan fingerprint density at radius 2 is 1.42 bits per heavy atom. The van der Waals surface area contributed by atoms with Gasteiger partial charge in [-0.2, -0.15) is 18.3 Å². The van der Waals surface area contributed by atoms with Crippen LogP contribution >= 0.6 is 0 Å². The van der Waals surface area contributed by atoms with Gasteiger partial charge in [0.2, 0.25) is 5.91 Å². The number of ether oxygens (including phenoxy) is 3. The van der Waals surface area contributed by atoms with E-state index in [1.165, 1.54) is 12.3 Å². The number of benzene rings is 2. The van der Waals surface area contributed by atoms with E-state index in [1.54, 1.807) is 51.2 Å². The molecule has 5 heterocycles. The summed E-state index contributed by atoms with van der Waals surface area (Å²) in [6, 6.07) is 9.37. The van der Waals surface area contributed by atoms with Crippen LogP contribution in [0.25, 0.3) is 11.3 Å². The van der Waals surface area contributed by atoms with E-state index in [1.807, 2.05) is 17.4 Å². The molecule has 4 amide bonds. The van der Waals surface area contributed by atoms with E-state index in [9.17, 15) is 46.2 Å². The highest BCUT2D eigenvalue weighted by Crippen LogP contribution is 2.41. The molecule has 0 saturated carbocycles. The Hall–Kier alpha value is -7.01. The molecular weight excluding hydrogens is 1050 g/mol. The number of carbonyl (C=O) groups excluding carboxylic acids is 4. The number of amides is 4. The van der Waals surface area contributed by atoms with Gasteiger partial charge in [-0.3, -0.25) is 24.6 Å². The standard InChI is InChI=1S/C54H65F7N10O8/c1-52(2,3)46(64-50(75)77-6)49(74)67-70(26-38-39(55)21-34(22-40(38)56)41-18-19-69(66-41)28-44(57)58)27-43(72)42(63-48(73)47(65-51(76)78-7)53(4,5)54(59,60)61)20-32-11-8-31(9-12-32)10-13-33-14-17-45(62-23-33)68-24-35-15-16-36(25-68)71(35)37-29-79-30-37/h8-9,11-12,14,17-19,21-23,35-37,42-44,46-47,72H,15-16,20,24-30H2,1-7H3,(H,63,73)(H,64,75)(H,65,76)(H,67,74)/t35?,36?,42-,43-,46+,47+/m0/s1. The van der Waals surface area contributed by atoms with Crippen LogP contribution in [0.4, 0.5) is 46.1 Å². The lowest BCUT2D eigenvalue weighted by Gasteiger charge is -2.47. The maximum atomic E-state index is 16.1. The number of alkyl halides is 5. The summed E-state index contributed by atoms with van der Waals surface area (Å²) in [4.78, 5) is 62.7. The number of hydrazine groups is 1. The monoisotopic (exact) mass is 1110 g/mol. The van der Waals surface area contributed by atoms with Gasteiger partial charge in [-0.1, -0.05) is 44.7 Å². The van der Waals surface area contributed by atoms with Crippen LogP contribution in [-0.2, 0) is 43.3 Å². The van der Waals surface area contributed by atoms with Crippen LogP contribution in [0, 0.1) is 34.3 Å². The van der Waals surface area contributed by atoms with E-state index in [4.69, 9.17) is 14.5 Å². The van der Waals surface area contributed by atoms with Crippen LogP contribution in [0.15, 0.2) is 67.0 Å². The van der Waals surface area contributed by atoms with Crippen molar-refractivity contribution in [2.75, 3.05) is 52.0 Å². The first kappa shape index (κ1) is 59.6. The van der Waals surface area contributed by atoms with E-state index >= 15 is 8.78 Å². The van der Waals surface area contributed by atoms with Crippen molar-refractivity contribution in [3.63, 3.8) is 0 Å². The molecule has 7 rings (SSSR count). The minimum atomic E-state index is -5.08. The smallest absolute Gasteiger partial charge is 0.407 e. The van der Waals surface area contributed by atoms with Gasteiger partial charge < -0.3 is 40.2 Å². The Labute approximate surface area is 452 Å².